The number of hydrogen-bond donors (Lipinski definition) is 1. The number of carbonyl (C=O) groups excluding carboxylic acids is 2. The molecular formula is C36H36Cl2FN3O4S. The van der Waals surface area contributed by atoms with Crippen LogP contribution in [0.15, 0.2) is 102 Å². The highest BCUT2D eigenvalue weighted by atomic mass is 35.5. The van der Waals surface area contributed by atoms with Gasteiger partial charge >= 0.3 is 0 Å². The van der Waals surface area contributed by atoms with Crippen LogP contribution in [-0.4, -0.2) is 43.8 Å². The molecular weight excluding hydrogens is 660 g/mol. The smallest absolute Gasteiger partial charge is 0.264 e. The Hall–Kier alpha value is -3.92. The fourth-order valence-electron chi connectivity index (χ4n) is 5.78. The van der Waals surface area contributed by atoms with Crippen LogP contribution in [0.5, 0.6) is 0 Å². The maximum Gasteiger partial charge on any atom is 0.264 e. The number of nitrogens with zero attached hydrogens (tertiary/aromatic N) is 2. The van der Waals surface area contributed by atoms with Gasteiger partial charge in [-0.2, -0.15) is 0 Å². The third kappa shape index (κ3) is 8.71. The van der Waals surface area contributed by atoms with Gasteiger partial charge in [-0.15, -0.1) is 0 Å². The summed E-state index contributed by atoms with van der Waals surface area (Å²) in [6, 6.07) is 24.6. The van der Waals surface area contributed by atoms with Gasteiger partial charge < -0.3 is 10.2 Å². The number of hydrogen-bond acceptors (Lipinski definition) is 4. The monoisotopic (exact) mass is 695 g/mol. The summed E-state index contributed by atoms with van der Waals surface area (Å²) in [6.07, 6.45) is 3.75. The highest BCUT2D eigenvalue weighted by Gasteiger charge is 2.36. The Balaban J connectivity index is 1.59. The molecule has 1 aliphatic carbocycles. The molecule has 11 heteroatoms. The van der Waals surface area contributed by atoms with Crippen molar-refractivity contribution in [2.75, 3.05) is 10.8 Å². The van der Waals surface area contributed by atoms with E-state index < -0.39 is 34.3 Å². The van der Waals surface area contributed by atoms with Gasteiger partial charge in [0.2, 0.25) is 11.8 Å². The van der Waals surface area contributed by atoms with Gasteiger partial charge in [0.25, 0.3) is 10.0 Å². The Kier molecular flexibility index (Phi) is 11.2. The fraction of sp³-hybridized carbons (Fsp3) is 0.278. The molecule has 246 valence electrons. The predicted octanol–water partition coefficient (Wildman–Crippen LogP) is 7.34. The van der Waals surface area contributed by atoms with Crippen LogP contribution in [0.4, 0.5) is 10.1 Å². The lowest BCUT2D eigenvalue weighted by molar-refractivity contribution is -0.140. The summed E-state index contributed by atoms with van der Waals surface area (Å²) in [4.78, 5) is 29.9. The van der Waals surface area contributed by atoms with E-state index in [1.165, 1.54) is 47.4 Å². The average molecular weight is 697 g/mol. The molecule has 0 bridgehead atoms. The van der Waals surface area contributed by atoms with Crippen LogP contribution >= 0.6 is 23.2 Å². The zero-order chi connectivity index (χ0) is 33.6. The van der Waals surface area contributed by atoms with Crippen molar-refractivity contribution in [2.45, 2.75) is 62.6 Å². The van der Waals surface area contributed by atoms with E-state index in [2.05, 4.69) is 5.32 Å². The Morgan fingerprint density at radius 1 is 0.894 bits per heavy atom. The minimum absolute atomic E-state index is 0.0433. The van der Waals surface area contributed by atoms with Crippen molar-refractivity contribution in [3.05, 3.63) is 130 Å². The van der Waals surface area contributed by atoms with E-state index in [4.69, 9.17) is 23.2 Å². The first kappa shape index (κ1) is 34.4. The molecule has 0 spiro atoms. The van der Waals surface area contributed by atoms with E-state index in [1.807, 2.05) is 37.3 Å². The zero-order valence-electron chi connectivity index (χ0n) is 25.9. The summed E-state index contributed by atoms with van der Waals surface area (Å²) in [5.41, 5.74) is 1.89. The van der Waals surface area contributed by atoms with Gasteiger partial charge in [-0.05, 0) is 61.7 Å². The minimum atomic E-state index is -4.34. The van der Waals surface area contributed by atoms with Crippen LogP contribution in [0.1, 0.15) is 42.4 Å². The third-order valence-corrected chi connectivity index (χ3v) is 10.5. The molecule has 7 nitrogen and oxygen atoms in total. The van der Waals surface area contributed by atoms with Gasteiger partial charge in [-0.3, -0.25) is 13.9 Å². The SMILES string of the molecule is Cc1ccc(S(=O)(=O)N(CC(=O)N(Cc2ccccc2F)C(Cc2ccccc2)C(=O)NC2CCCC2)c2cc(Cl)cc(Cl)c2)cc1. The molecule has 1 fully saturated rings. The minimum Gasteiger partial charge on any atom is -0.352 e. The summed E-state index contributed by atoms with van der Waals surface area (Å²) in [7, 11) is -4.34. The standard InChI is InChI=1S/C36H36Cl2FN3O4S/c1-25-15-17-32(18-16-25)47(45,46)42(31-21-28(37)20-29(38)22-31)24-35(43)41(23-27-11-5-8-14-33(27)39)34(19-26-9-3-2-4-10-26)36(44)40-30-12-6-7-13-30/h2-5,8-11,14-18,20-22,30,34H,6-7,12-13,19,23-24H2,1H3,(H,40,44). The highest BCUT2D eigenvalue weighted by Crippen LogP contribution is 2.31. The Bertz CT molecular complexity index is 1800. The number of sulfonamides is 1. The molecule has 1 aliphatic rings. The lowest BCUT2D eigenvalue weighted by atomic mass is 10.0. The van der Waals surface area contributed by atoms with Gasteiger partial charge in [-0.1, -0.05) is 102 Å². The van der Waals surface area contributed by atoms with E-state index >= 15 is 4.39 Å². The molecule has 0 aromatic heterocycles. The molecule has 5 rings (SSSR count). The molecule has 4 aromatic carbocycles. The maximum atomic E-state index is 15.1. The van der Waals surface area contributed by atoms with Gasteiger partial charge in [0.1, 0.15) is 18.4 Å². The molecule has 0 aliphatic heterocycles. The topological polar surface area (TPSA) is 86.8 Å². The van der Waals surface area contributed by atoms with Crippen LogP contribution < -0.4 is 9.62 Å². The summed E-state index contributed by atoms with van der Waals surface area (Å²) >= 11 is 12.6. The number of aryl methyl sites for hydroxylation is 1. The van der Waals surface area contributed by atoms with E-state index in [0.29, 0.717) is 0 Å². The highest BCUT2D eigenvalue weighted by molar-refractivity contribution is 7.92. The first-order chi connectivity index (χ1) is 22.5. The largest absolute Gasteiger partial charge is 0.352 e. The Labute approximate surface area is 285 Å². The van der Waals surface area contributed by atoms with Crippen LogP contribution in [0.3, 0.4) is 0 Å². The molecule has 0 saturated heterocycles. The van der Waals surface area contributed by atoms with Crippen LogP contribution in [-0.2, 0) is 32.6 Å². The number of carbonyl (C=O) groups is 2. The number of rotatable bonds is 12. The zero-order valence-corrected chi connectivity index (χ0v) is 28.2. The van der Waals surface area contributed by atoms with Crippen molar-refractivity contribution in [3.63, 3.8) is 0 Å². The second-order valence-corrected chi connectivity index (χ2v) is 14.5. The molecule has 1 atom stereocenters. The molecule has 4 aromatic rings. The van der Waals surface area contributed by atoms with E-state index in [1.54, 1.807) is 24.3 Å². The van der Waals surface area contributed by atoms with Gasteiger partial charge in [-0.25, -0.2) is 12.8 Å². The first-order valence-electron chi connectivity index (χ1n) is 15.4. The van der Waals surface area contributed by atoms with E-state index in [9.17, 15) is 18.0 Å². The number of amides is 2. The quantitative estimate of drug-likeness (QED) is 0.168. The molecule has 1 saturated carbocycles. The fourth-order valence-corrected chi connectivity index (χ4v) is 7.69. The van der Waals surface area contributed by atoms with Crippen LogP contribution in [0.2, 0.25) is 10.0 Å². The van der Waals surface area contributed by atoms with Crippen molar-refractivity contribution in [1.82, 2.24) is 10.2 Å². The third-order valence-electron chi connectivity index (χ3n) is 8.29. The summed E-state index contributed by atoms with van der Waals surface area (Å²) in [6.45, 7) is 0.859. The molecule has 0 radical (unpaired) electrons. The van der Waals surface area contributed by atoms with Crippen molar-refractivity contribution < 1.29 is 22.4 Å². The summed E-state index contributed by atoms with van der Waals surface area (Å²) in [5, 5.41) is 3.45. The Morgan fingerprint density at radius 2 is 1.51 bits per heavy atom. The lowest BCUT2D eigenvalue weighted by Crippen LogP contribution is -2.54. The van der Waals surface area contributed by atoms with Crippen LogP contribution in [0, 0.1) is 12.7 Å². The predicted molar refractivity (Wildman–Crippen MR) is 183 cm³/mol. The van der Waals surface area contributed by atoms with Crippen LogP contribution in [0.25, 0.3) is 0 Å². The second-order valence-electron chi connectivity index (χ2n) is 11.8. The molecule has 1 N–H and O–H groups in total. The maximum absolute atomic E-state index is 15.1. The number of anilines is 1. The average Bonchev–Trinajstić information content (AvgIpc) is 3.55. The van der Waals surface area contributed by atoms with Crippen molar-refractivity contribution in [2.24, 2.45) is 0 Å². The molecule has 47 heavy (non-hydrogen) atoms. The molecule has 2 amide bonds. The number of halogens is 3. The van der Waals surface area contributed by atoms with E-state index in [-0.39, 0.29) is 51.1 Å². The van der Waals surface area contributed by atoms with E-state index in [0.717, 1.165) is 41.1 Å². The number of nitrogens with one attached hydrogen (secondary N) is 1. The molecule has 1 unspecified atom stereocenters. The second kappa shape index (κ2) is 15.3. The van der Waals surface area contributed by atoms with Crippen molar-refractivity contribution in [3.8, 4) is 0 Å². The summed E-state index contributed by atoms with van der Waals surface area (Å²) < 4.78 is 44.4. The van der Waals surface area contributed by atoms with Gasteiger partial charge in [0, 0.05) is 34.6 Å². The number of benzene rings is 4. The lowest BCUT2D eigenvalue weighted by Gasteiger charge is -2.34. The van der Waals surface area contributed by atoms with Crippen molar-refractivity contribution in [1.29, 1.82) is 0 Å². The first-order valence-corrected chi connectivity index (χ1v) is 17.6. The van der Waals surface area contributed by atoms with Gasteiger partial charge in [0.15, 0.2) is 0 Å². The normalized spacial score (nSPS) is 14.0. The van der Waals surface area contributed by atoms with Gasteiger partial charge in [0.05, 0.1) is 10.6 Å². The molecule has 0 heterocycles. The summed E-state index contributed by atoms with van der Waals surface area (Å²) in [5.74, 6) is -1.64. The van der Waals surface area contributed by atoms with Crippen molar-refractivity contribution >= 4 is 50.7 Å². The Morgan fingerprint density at radius 3 is 2.15 bits per heavy atom.